The highest BCUT2D eigenvalue weighted by Gasteiger charge is 2.26. The fourth-order valence-corrected chi connectivity index (χ4v) is 3.29. The molecule has 0 spiro atoms. The number of nitrogen functional groups attached to an aromatic ring is 1. The van der Waals surface area contributed by atoms with Gasteiger partial charge in [0.25, 0.3) is 0 Å². The number of rotatable bonds is 4. The molecule has 3 nitrogen and oxygen atoms in total. The SMILES string of the molecule is CCCn1c(C2CCCC2)nc(-c2ccccc2F)c1N. The zero-order valence-corrected chi connectivity index (χ0v) is 12.5. The van der Waals surface area contributed by atoms with Crippen molar-refractivity contribution in [2.75, 3.05) is 5.73 Å². The lowest BCUT2D eigenvalue weighted by molar-refractivity contribution is 0.579. The summed E-state index contributed by atoms with van der Waals surface area (Å²) in [5.41, 5.74) is 7.40. The molecule has 2 aromatic rings. The fraction of sp³-hybridized carbons (Fsp3) is 0.471. The molecule has 4 heteroatoms. The molecule has 0 amide bonds. The zero-order valence-electron chi connectivity index (χ0n) is 12.5. The van der Waals surface area contributed by atoms with Gasteiger partial charge >= 0.3 is 0 Å². The van der Waals surface area contributed by atoms with Crippen molar-refractivity contribution in [3.8, 4) is 11.3 Å². The number of hydrogen-bond donors (Lipinski definition) is 1. The van der Waals surface area contributed by atoms with Crippen molar-refractivity contribution >= 4 is 5.82 Å². The van der Waals surface area contributed by atoms with Crippen LogP contribution in [0.2, 0.25) is 0 Å². The van der Waals surface area contributed by atoms with Gasteiger partial charge in [0.2, 0.25) is 0 Å². The maximum Gasteiger partial charge on any atom is 0.132 e. The standard InChI is InChI=1S/C17H22FN3/c1-2-11-21-16(19)15(13-9-5-6-10-14(13)18)20-17(21)12-7-3-4-8-12/h5-6,9-10,12H,2-4,7-8,11,19H2,1H3. The molecule has 0 radical (unpaired) electrons. The number of anilines is 1. The molecular formula is C17H22FN3. The van der Waals surface area contributed by atoms with Crippen LogP contribution in [-0.4, -0.2) is 9.55 Å². The Hall–Kier alpha value is -1.84. The number of hydrogen-bond acceptors (Lipinski definition) is 2. The van der Waals surface area contributed by atoms with E-state index in [2.05, 4.69) is 11.5 Å². The zero-order chi connectivity index (χ0) is 14.8. The van der Waals surface area contributed by atoms with Gasteiger partial charge < -0.3 is 10.3 Å². The first-order valence-corrected chi connectivity index (χ1v) is 7.83. The number of benzene rings is 1. The van der Waals surface area contributed by atoms with Gasteiger partial charge in [-0.2, -0.15) is 0 Å². The van der Waals surface area contributed by atoms with Crippen LogP contribution >= 0.6 is 0 Å². The van der Waals surface area contributed by atoms with E-state index >= 15 is 0 Å². The van der Waals surface area contributed by atoms with Crippen LogP contribution in [0.3, 0.4) is 0 Å². The van der Waals surface area contributed by atoms with E-state index in [9.17, 15) is 4.39 Å². The first kappa shape index (κ1) is 14.1. The fourth-order valence-electron chi connectivity index (χ4n) is 3.29. The van der Waals surface area contributed by atoms with E-state index in [4.69, 9.17) is 10.7 Å². The number of nitrogens with zero attached hydrogens (tertiary/aromatic N) is 2. The summed E-state index contributed by atoms with van der Waals surface area (Å²) in [7, 11) is 0. The Morgan fingerprint density at radius 2 is 2.00 bits per heavy atom. The van der Waals surface area contributed by atoms with Crippen molar-refractivity contribution in [3.05, 3.63) is 35.9 Å². The highest BCUT2D eigenvalue weighted by atomic mass is 19.1. The summed E-state index contributed by atoms with van der Waals surface area (Å²) in [4.78, 5) is 4.74. The van der Waals surface area contributed by atoms with E-state index in [0.29, 0.717) is 23.0 Å². The van der Waals surface area contributed by atoms with Crippen LogP contribution in [0.15, 0.2) is 24.3 Å². The summed E-state index contributed by atoms with van der Waals surface area (Å²) in [6, 6.07) is 6.73. The van der Waals surface area contributed by atoms with E-state index in [1.807, 2.05) is 6.07 Å². The van der Waals surface area contributed by atoms with Gasteiger partial charge in [0.15, 0.2) is 0 Å². The van der Waals surface area contributed by atoms with Gasteiger partial charge in [0, 0.05) is 18.0 Å². The Morgan fingerprint density at radius 3 is 2.67 bits per heavy atom. The summed E-state index contributed by atoms with van der Waals surface area (Å²) >= 11 is 0. The molecule has 1 aromatic carbocycles. The van der Waals surface area contributed by atoms with Gasteiger partial charge in [0.05, 0.1) is 0 Å². The molecule has 3 rings (SSSR count). The largest absolute Gasteiger partial charge is 0.383 e. The van der Waals surface area contributed by atoms with E-state index in [1.165, 1.54) is 18.9 Å². The van der Waals surface area contributed by atoms with Gasteiger partial charge in [-0.15, -0.1) is 0 Å². The van der Waals surface area contributed by atoms with Crippen LogP contribution in [0.4, 0.5) is 10.2 Å². The lowest BCUT2D eigenvalue weighted by Gasteiger charge is -2.12. The van der Waals surface area contributed by atoms with Crippen molar-refractivity contribution in [1.29, 1.82) is 0 Å². The summed E-state index contributed by atoms with van der Waals surface area (Å²) < 4.78 is 16.1. The molecule has 0 saturated heterocycles. The van der Waals surface area contributed by atoms with E-state index in [1.54, 1.807) is 12.1 Å². The molecule has 112 valence electrons. The van der Waals surface area contributed by atoms with Crippen LogP contribution in [-0.2, 0) is 6.54 Å². The van der Waals surface area contributed by atoms with Crippen molar-refractivity contribution in [2.45, 2.75) is 51.5 Å². The predicted molar refractivity (Wildman–Crippen MR) is 83.5 cm³/mol. The third-order valence-electron chi connectivity index (χ3n) is 4.33. The minimum Gasteiger partial charge on any atom is -0.383 e. The maximum absolute atomic E-state index is 14.1. The highest BCUT2D eigenvalue weighted by Crippen LogP contribution is 2.38. The summed E-state index contributed by atoms with van der Waals surface area (Å²) in [5, 5.41) is 0. The second-order valence-electron chi connectivity index (χ2n) is 5.82. The monoisotopic (exact) mass is 287 g/mol. The van der Waals surface area contributed by atoms with Crippen molar-refractivity contribution in [1.82, 2.24) is 9.55 Å². The molecule has 1 saturated carbocycles. The summed E-state index contributed by atoms with van der Waals surface area (Å²) in [6.07, 6.45) is 5.82. The summed E-state index contributed by atoms with van der Waals surface area (Å²) in [6.45, 7) is 2.97. The second kappa shape index (κ2) is 5.88. The molecule has 1 fully saturated rings. The summed E-state index contributed by atoms with van der Waals surface area (Å²) in [5.74, 6) is 1.86. The first-order chi connectivity index (χ1) is 10.2. The van der Waals surface area contributed by atoms with Crippen LogP contribution < -0.4 is 5.73 Å². The maximum atomic E-state index is 14.1. The molecule has 1 aliphatic rings. The van der Waals surface area contributed by atoms with Crippen LogP contribution in [0, 0.1) is 5.82 Å². The van der Waals surface area contributed by atoms with Gasteiger partial charge in [-0.3, -0.25) is 0 Å². The van der Waals surface area contributed by atoms with E-state index in [0.717, 1.165) is 31.6 Å². The molecule has 1 heterocycles. The minimum atomic E-state index is -0.261. The van der Waals surface area contributed by atoms with Crippen molar-refractivity contribution < 1.29 is 4.39 Å². The molecule has 0 aliphatic heterocycles. The lowest BCUT2D eigenvalue weighted by atomic mass is 10.1. The number of aromatic nitrogens is 2. The first-order valence-electron chi connectivity index (χ1n) is 7.83. The molecule has 2 N–H and O–H groups in total. The molecule has 1 aromatic heterocycles. The van der Waals surface area contributed by atoms with Crippen LogP contribution in [0.1, 0.15) is 50.8 Å². The average molecular weight is 287 g/mol. The van der Waals surface area contributed by atoms with Crippen LogP contribution in [0.5, 0.6) is 0 Å². The van der Waals surface area contributed by atoms with Crippen LogP contribution in [0.25, 0.3) is 11.3 Å². The van der Waals surface area contributed by atoms with Gasteiger partial charge in [0.1, 0.15) is 23.2 Å². The Kier molecular flexibility index (Phi) is 3.95. The Balaban J connectivity index is 2.09. The highest BCUT2D eigenvalue weighted by molar-refractivity contribution is 5.71. The number of halogens is 1. The van der Waals surface area contributed by atoms with Gasteiger partial charge in [-0.05, 0) is 31.4 Å². The smallest absolute Gasteiger partial charge is 0.132 e. The molecule has 1 aliphatic carbocycles. The third-order valence-corrected chi connectivity index (χ3v) is 4.33. The minimum absolute atomic E-state index is 0.261. The van der Waals surface area contributed by atoms with Crippen molar-refractivity contribution in [2.24, 2.45) is 0 Å². The normalized spacial score (nSPS) is 15.7. The van der Waals surface area contributed by atoms with Gasteiger partial charge in [-0.1, -0.05) is 31.9 Å². The number of nitrogens with two attached hydrogens (primary N) is 1. The Morgan fingerprint density at radius 1 is 1.29 bits per heavy atom. The lowest BCUT2D eigenvalue weighted by Crippen LogP contribution is -2.09. The quantitative estimate of drug-likeness (QED) is 0.909. The second-order valence-corrected chi connectivity index (χ2v) is 5.82. The topological polar surface area (TPSA) is 43.8 Å². The van der Waals surface area contributed by atoms with E-state index < -0.39 is 0 Å². The van der Waals surface area contributed by atoms with Crippen molar-refractivity contribution in [3.63, 3.8) is 0 Å². The molecule has 0 bridgehead atoms. The number of imidazole rings is 1. The molecule has 0 atom stereocenters. The predicted octanol–water partition coefficient (Wildman–Crippen LogP) is 4.34. The van der Waals surface area contributed by atoms with E-state index in [-0.39, 0.29) is 5.82 Å². The molecule has 0 unspecified atom stereocenters. The molecular weight excluding hydrogens is 265 g/mol. The van der Waals surface area contributed by atoms with Gasteiger partial charge in [-0.25, -0.2) is 9.37 Å². The third kappa shape index (κ3) is 2.55. The molecule has 21 heavy (non-hydrogen) atoms. The Labute approximate surface area is 125 Å². The Bertz CT molecular complexity index is 627. The average Bonchev–Trinajstić information content (AvgIpc) is 3.10.